The number of aromatic nitrogens is 2. The number of nitrogens with one attached hydrogen (secondary N) is 4. The largest absolute Gasteiger partial charge is 0.381 e. The third kappa shape index (κ3) is 8.55. The molecule has 6 amide bonds. The molecule has 5 N–H and O–H groups in total. The zero-order valence-corrected chi connectivity index (χ0v) is 33.6. The normalized spacial score (nSPS) is 26.4. The zero-order valence-electron chi connectivity index (χ0n) is 33.6. The van der Waals surface area contributed by atoms with E-state index in [0.717, 1.165) is 51.4 Å². The second kappa shape index (κ2) is 17.1. The number of fused-ring (bicyclic) bond motifs is 2. The number of carbonyl (C=O) groups excluding carboxylic acids is 6. The van der Waals surface area contributed by atoms with Crippen LogP contribution in [0, 0.1) is 11.3 Å². The highest BCUT2D eigenvalue weighted by Crippen LogP contribution is 2.46. The number of rotatable bonds is 14. The monoisotopic (exact) mass is 779 g/mol. The number of carbonyl (C=O) groups is 6. The van der Waals surface area contributed by atoms with E-state index in [9.17, 15) is 29.1 Å². The van der Waals surface area contributed by atoms with Crippen molar-refractivity contribution < 1.29 is 33.9 Å². The molecule has 1 spiro atoms. The van der Waals surface area contributed by atoms with Gasteiger partial charge in [-0.15, -0.1) is 0 Å². The number of hydrogen-bond acceptors (Lipinski definition) is 10. The molecule has 5 aliphatic rings. The lowest BCUT2D eigenvalue weighted by molar-refractivity contribution is -0.145. The van der Waals surface area contributed by atoms with Gasteiger partial charge in [0.05, 0.1) is 24.8 Å². The Kier molecular flexibility index (Phi) is 12.7. The van der Waals surface area contributed by atoms with Gasteiger partial charge in [-0.05, 0) is 63.2 Å². The summed E-state index contributed by atoms with van der Waals surface area (Å²) in [6.07, 6.45) is 11.2. The van der Waals surface area contributed by atoms with Gasteiger partial charge >= 0.3 is 0 Å². The molecule has 0 radical (unpaired) electrons. The molecular formula is C40H61N9O7. The molecule has 3 saturated heterocycles. The van der Waals surface area contributed by atoms with Crippen molar-refractivity contribution in [2.45, 2.75) is 160 Å². The summed E-state index contributed by atoms with van der Waals surface area (Å²) >= 11 is 0. The molecule has 1 aromatic rings. The van der Waals surface area contributed by atoms with E-state index in [-0.39, 0.29) is 42.6 Å². The van der Waals surface area contributed by atoms with Gasteiger partial charge in [-0.25, -0.2) is 4.98 Å². The lowest BCUT2D eigenvalue weighted by Gasteiger charge is -2.40. The lowest BCUT2D eigenvalue weighted by atomic mass is 9.82. The molecule has 0 aromatic carbocycles. The van der Waals surface area contributed by atoms with Crippen LogP contribution in [0.5, 0.6) is 0 Å². The third-order valence-corrected chi connectivity index (χ3v) is 12.4. The van der Waals surface area contributed by atoms with E-state index in [1.54, 1.807) is 4.90 Å². The SMILES string of the molecule is CCCC(NC(=O)[C@@H]1CC2(CN1C(=O)C(NC(=O)[C@@H](NC(=O)c1cnccn1)C1CCCCC1)C(C)(C)C)N(CC)C(=O)[C@@H]1CCCN12)C(O)C(=O)NC1CC1. The van der Waals surface area contributed by atoms with Crippen LogP contribution in [0.25, 0.3) is 0 Å². The van der Waals surface area contributed by atoms with Gasteiger partial charge in [0, 0.05) is 37.9 Å². The highest BCUT2D eigenvalue weighted by molar-refractivity contribution is 5.98. The van der Waals surface area contributed by atoms with E-state index < -0.39 is 70.9 Å². The quantitative estimate of drug-likeness (QED) is 0.183. The summed E-state index contributed by atoms with van der Waals surface area (Å²) in [5, 5.41) is 22.8. The number of likely N-dealkylation sites (N-methyl/N-ethyl adjacent to an activating group) is 1. The smallest absolute Gasteiger partial charge is 0.272 e. The first-order valence-corrected chi connectivity index (χ1v) is 20.7. The number of hydrogen-bond donors (Lipinski definition) is 5. The van der Waals surface area contributed by atoms with Crippen molar-refractivity contribution in [3.8, 4) is 0 Å². The number of likely N-dealkylation sites (tertiary alicyclic amines) is 1. The fraction of sp³-hybridized carbons (Fsp3) is 0.750. The molecule has 1 aromatic heterocycles. The van der Waals surface area contributed by atoms with Crippen LogP contribution >= 0.6 is 0 Å². The Hall–Kier alpha value is -4.18. The summed E-state index contributed by atoms with van der Waals surface area (Å²) in [4.78, 5) is 97.8. The maximum Gasteiger partial charge on any atom is 0.272 e. The Morgan fingerprint density at radius 3 is 2.30 bits per heavy atom. The Bertz CT molecular complexity index is 1630. The summed E-state index contributed by atoms with van der Waals surface area (Å²) in [6.45, 7) is 10.4. The van der Waals surface area contributed by atoms with Crippen molar-refractivity contribution >= 4 is 35.4 Å². The van der Waals surface area contributed by atoms with Crippen molar-refractivity contribution in [3.05, 3.63) is 24.3 Å². The minimum atomic E-state index is -1.49. The molecule has 308 valence electrons. The van der Waals surface area contributed by atoms with E-state index in [2.05, 4.69) is 36.1 Å². The molecule has 56 heavy (non-hydrogen) atoms. The van der Waals surface area contributed by atoms with Crippen LogP contribution in [0.1, 0.15) is 122 Å². The topological polar surface area (TPSA) is 206 Å². The number of aliphatic hydroxyl groups is 1. The second-order valence-corrected chi connectivity index (χ2v) is 17.5. The van der Waals surface area contributed by atoms with Crippen LogP contribution < -0.4 is 21.3 Å². The molecule has 7 atom stereocenters. The van der Waals surface area contributed by atoms with Crippen LogP contribution in [0.3, 0.4) is 0 Å². The Balaban J connectivity index is 1.30. The van der Waals surface area contributed by atoms with Crippen molar-refractivity contribution in [3.63, 3.8) is 0 Å². The second-order valence-electron chi connectivity index (χ2n) is 17.5. The number of nitrogens with zero attached hydrogens (tertiary/aromatic N) is 5. The van der Waals surface area contributed by atoms with Crippen LogP contribution in [0.15, 0.2) is 18.6 Å². The van der Waals surface area contributed by atoms with Gasteiger partial charge < -0.3 is 36.2 Å². The lowest BCUT2D eigenvalue weighted by Crippen LogP contribution is -2.62. The Morgan fingerprint density at radius 1 is 0.946 bits per heavy atom. The van der Waals surface area contributed by atoms with Crippen molar-refractivity contribution in [1.29, 1.82) is 0 Å². The maximum absolute atomic E-state index is 15.2. The van der Waals surface area contributed by atoms with E-state index in [1.807, 2.05) is 34.6 Å². The minimum absolute atomic E-state index is 0.0221. The van der Waals surface area contributed by atoms with Gasteiger partial charge in [0.2, 0.25) is 23.6 Å². The molecule has 2 saturated carbocycles. The van der Waals surface area contributed by atoms with E-state index in [4.69, 9.17) is 0 Å². The number of aliphatic hydroxyl groups excluding tert-OH is 1. The molecule has 16 nitrogen and oxygen atoms in total. The van der Waals surface area contributed by atoms with Gasteiger partial charge in [0.1, 0.15) is 29.5 Å². The van der Waals surface area contributed by atoms with E-state index >= 15 is 4.79 Å². The third-order valence-electron chi connectivity index (χ3n) is 12.4. The molecule has 4 unspecified atom stereocenters. The van der Waals surface area contributed by atoms with Crippen LogP contribution in [0.2, 0.25) is 0 Å². The average Bonchev–Trinajstić information content (AvgIpc) is 3.60. The van der Waals surface area contributed by atoms with Gasteiger partial charge in [0.15, 0.2) is 6.10 Å². The minimum Gasteiger partial charge on any atom is -0.381 e. The first-order valence-electron chi connectivity index (χ1n) is 20.7. The summed E-state index contributed by atoms with van der Waals surface area (Å²) in [7, 11) is 0. The average molecular weight is 780 g/mol. The summed E-state index contributed by atoms with van der Waals surface area (Å²) < 4.78 is 0. The molecular weight excluding hydrogens is 718 g/mol. The van der Waals surface area contributed by atoms with Crippen LogP contribution in [-0.2, 0) is 24.0 Å². The fourth-order valence-electron chi connectivity index (χ4n) is 9.39. The maximum atomic E-state index is 15.2. The van der Waals surface area contributed by atoms with Gasteiger partial charge in [-0.2, -0.15) is 0 Å². The summed E-state index contributed by atoms with van der Waals surface area (Å²) in [6, 6.07) is -4.37. The summed E-state index contributed by atoms with van der Waals surface area (Å²) in [5.74, 6) is -2.80. The van der Waals surface area contributed by atoms with Gasteiger partial charge in [-0.3, -0.25) is 38.7 Å². The first-order chi connectivity index (χ1) is 26.7. The highest BCUT2D eigenvalue weighted by Gasteiger charge is 2.64. The van der Waals surface area contributed by atoms with Gasteiger partial charge in [0.25, 0.3) is 11.8 Å². The zero-order chi connectivity index (χ0) is 40.4. The molecule has 3 aliphatic heterocycles. The molecule has 6 rings (SSSR count). The first kappa shape index (κ1) is 41.5. The van der Waals surface area contributed by atoms with Gasteiger partial charge in [-0.1, -0.05) is 53.4 Å². The Labute approximate surface area is 329 Å². The predicted octanol–water partition coefficient (Wildman–Crippen LogP) is 1.23. The summed E-state index contributed by atoms with van der Waals surface area (Å²) in [5.41, 5.74) is -1.72. The standard InChI is InChI=1S/C40H61N9O7/c1-6-12-26(31(50)36(54)43-25-16-17-25)44-34(52)29-21-40(48(7-2)37(55)28-15-11-20-49(28)40)23-47(29)38(56)32(39(3,4)5)46-35(53)30(24-13-9-8-10-14-24)45-33(51)27-22-41-18-19-42-27/h18-19,22,24-26,28-32,50H,6-17,20-21,23H2,1-5H3,(H,43,54)(H,44,52)(H,45,51)(H,46,53)/t26?,28-,29-,30-,31?,32?,40?/m0/s1. The molecule has 2 aliphatic carbocycles. The van der Waals surface area contributed by atoms with Crippen molar-refractivity contribution in [2.24, 2.45) is 11.3 Å². The van der Waals surface area contributed by atoms with Crippen LogP contribution in [-0.4, -0.2) is 133 Å². The molecule has 4 heterocycles. The van der Waals surface area contributed by atoms with E-state index in [1.165, 1.54) is 23.5 Å². The Morgan fingerprint density at radius 2 is 1.68 bits per heavy atom. The van der Waals surface area contributed by atoms with Crippen molar-refractivity contribution in [1.82, 2.24) is 45.9 Å². The van der Waals surface area contributed by atoms with E-state index in [0.29, 0.717) is 32.4 Å². The molecule has 0 bridgehead atoms. The highest BCUT2D eigenvalue weighted by atomic mass is 16.3. The van der Waals surface area contributed by atoms with Crippen LogP contribution in [0.4, 0.5) is 0 Å². The predicted molar refractivity (Wildman–Crippen MR) is 205 cm³/mol. The number of amides is 6. The van der Waals surface area contributed by atoms with Crippen molar-refractivity contribution in [2.75, 3.05) is 19.6 Å². The molecule has 16 heteroatoms. The molecule has 5 fully saturated rings. The fourth-order valence-corrected chi connectivity index (χ4v) is 9.39.